The lowest BCUT2D eigenvalue weighted by atomic mass is 10.1. The third-order valence-corrected chi connectivity index (χ3v) is 45.0. The van der Waals surface area contributed by atoms with E-state index in [1.807, 2.05) is 87.8 Å². The summed E-state index contributed by atoms with van der Waals surface area (Å²) >= 11 is 0. The van der Waals surface area contributed by atoms with Gasteiger partial charge in [0.1, 0.15) is 37.1 Å². The Labute approximate surface area is 457 Å². The minimum atomic E-state index is -4.05. The highest BCUT2D eigenvalue weighted by atomic mass is 28.6. The normalized spacial score (nSPS) is 26.5. The van der Waals surface area contributed by atoms with Gasteiger partial charge in [-0.3, -0.25) is 0 Å². The van der Waals surface area contributed by atoms with Crippen molar-refractivity contribution in [2.24, 2.45) is 0 Å². The van der Waals surface area contributed by atoms with Crippen LogP contribution < -0.4 is 19.5 Å². The number of unbranched alkanes of at least 4 members (excludes halogenated alkanes) is 7. The molecule has 6 unspecified atom stereocenters. The SMILES string of the molecule is CCCCCCCCCCOc1ccc(-c2ccc(OCCOCCOCCOc3ccc(COC(=O)NCC[SiH2]O[Si]45O[SiH](C)O[Si](C)(C)O[Si](C)(O[Si]6(C)O[Si](C)(C)O[SiH](C)O[Si](C)(O6)O4)O5)cc3)cc2)cc1. The lowest BCUT2D eigenvalue weighted by molar-refractivity contribution is 0.0273. The second-order valence-electron chi connectivity index (χ2n) is 19.7. The van der Waals surface area contributed by atoms with Crippen LogP contribution in [0.2, 0.25) is 65.0 Å². The number of fused-ring (bicyclic) bond motifs is 4. The predicted octanol–water partition coefficient (Wildman–Crippen LogP) is 8.56. The van der Waals surface area contributed by atoms with E-state index in [1.54, 1.807) is 19.6 Å². The first-order chi connectivity index (χ1) is 35.8. The smallest absolute Gasteiger partial charge is 0.494 e. The molecule has 4 bridgehead atoms. The third kappa shape index (κ3) is 22.1. The van der Waals surface area contributed by atoms with E-state index in [9.17, 15) is 4.79 Å². The molecule has 3 aromatic rings. The van der Waals surface area contributed by atoms with Crippen molar-refractivity contribution in [2.45, 2.75) is 130 Å². The van der Waals surface area contributed by atoms with E-state index in [0.717, 1.165) is 41.2 Å². The fraction of sp³-hybridized carbons (Fsp3) is 0.596. The molecule has 0 saturated carbocycles. The summed E-state index contributed by atoms with van der Waals surface area (Å²) in [6, 6.07) is 24.2. The topological polar surface area (TPSA) is 186 Å². The Balaban J connectivity index is 0.802. The summed E-state index contributed by atoms with van der Waals surface area (Å²) in [7, 11) is -26.4. The highest BCUT2D eigenvalue weighted by Crippen LogP contribution is 2.39. The largest absolute Gasteiger partial charge is 0.644 e. The van der Waals surface area contributed by atoms with Crippen LogP contribution in [0.5, 0.6) is 17.2 Å². The molecule has 3 aliphatic rings. The first kappa shape index (κ1) is 62.0. The van der Waals surface area contributed by atoms with Crippen molar-refractivity contribution in [1.82, 2.24) is 5.32 Å². The van der Waals surface area contributed by atoms with Crippen LogP contribution in [0, 0.1) is 0 Å². The molecule has 3 aliphatic heterocycles. The summed E-state index contributed by atoms with van der Waals surface area (Å²) in [5.74, 6) is 2.39. The molecule has 6 rings (SSSR count). The van der Waals surface area contributed by atoms with Gasteiger partial charge in [-0.15, -0.1) is 0 Å². The van der Waals surface area contributed by atoms with Crippen molar-refractivity contribution < 1.29 is 78.5 Å². The molecule has 28 heteroatoms. The van der Waals surface area contributed by atoms with Crippen molar-refractivity contribution in [3.8, 4) is 28.4 Å². The number of alkyl carbamates (subject to hydrolysis) is 1. The van der Waals surface area contributed by atoms with Crippen LogP contribution in [0.1, 0.15) is 63.9 Å². The monoisotopic (exact) mass is 1200 g/mol. The molecule has 0 aromatic heterocycles. The fourth-order valence-electron chi connectivity index (χ4n) is 8.79. The first-order valence-electron chi connectivity index (χ1n) is 26.6. The molecular formula is C47H83NO18Si9. The van der Waals surface area contributed by atoms with E-state index in [4.69, 9.17) is 73.7 Å². The van der Waals surface area contributed by atoms with Crippen LogP contribution in [0.15, 0.2) is 72.8 Å². The van der Waals surface area contributed by atoms with Gasteiger partial charge < -0.3 is 79.0 Å². The number of benzene rings is 3. The van der Waals surface area contributed by atoms with Gasteiger partial charge in [0.2, 0.25) is 0 Å². The molecule has 1 N–H and O–H groups in total. The number of hydrogen-bond donors (Lipinski definition) is 1. The Kier molecular flexibility index (Phi) is 24.6. The first-order valence-corrected chi connectivity index (χ1v) is 46.3. The fourth-order valence-corrected chi connectivity index (χ4v) is 49.0. The van der Waals surface area contributed by atoms with Crippen LogP contribution in [-0.2, 0) is 66.1 Å². The zero-order chi connectivity index (χ0) is 53.8. The lowest BCUT2D eigenvalue weighted by Crippen LogP contribution is -2.77. The van der Waals surface area contributed by atoms with Crippen LogP contribution in [0.25, 0.3) is 11.1 Å². The van der Waals surface area contributed by atoms with Crippen LogP contribution in [-0.4, -0.2) is 140 Å². The van der Waals surface area contributed by atoms with Gasteiger partial charge in [0.05, 0.1) is 33.0 Å². The Morgan fingerprint density at radius 1 is 0.520 bits per heavy atom. The number of carbonyl (C=O) groups is 1. The zero-order valence-corrected chi connectivity index (χ0v) is 55.6. The minimum Gasteiger partial charge on any atom is -0.494 e. The van der Waals surface area contributed by atoms with E-state index >= 15 is 0 Å². The van der Waals surface area contributed by atoms with Gasteiger partial charge >= 0.3 is 77.2 Å². The Bertz CT molecular complexity index is 2160. The van der Waals surface area contributed by atoms with Crippen LogP contribution in [0.4, 0.5) is 4.79 Å². The number of carbonyl (C=O) groups excluding carboxylic acids is 1. The number of rotatable bonds is 29. The van der Waals surface area contributed by atoms with Gasteiger partial charge in [-0.05, 0) is 105 Å². The van der Waals surface area contributed by atoms with Gasteiger partial charge in [0, 0.05) is 26.2 Å². The molecule has 3 aromatic carbocycles. The van der Waals surface area contributed by atoms with E-state index in [-0.39, 0.29) is 6.61 Å². The van der Waals surface area contributed by atoms with E-state index in [1.165, 1.54) is 44.9 Å². The molecule has 6 atom stereocenters. The molecule has 0 spiro atoms. The molecule has 1 amide bonds. The maximum Gasteiger partial charge on any atom is 0.644 e. The molecule has 420 valence electrons. The Morgan fingerprint density at radius 3 is 1.53 bits per heavy atom. The maximum absolute atomic E-state index is 12.7. The Morgan fingerprint density at radius 2 is 0.973 bits per heavy atom. The van der Waals surface area contributed by atoms with Crippen molar-refractivity contribution in [3.63, 3.8) is 0 Å². The predicted molar refractivity (Wildman–Crippen MR) is 304 cm³/mol. The maximum atomic E-state index is 12.7. The summed E-state index contributed by atoms with van der Waals surface area (Å²) in [5.41, 5.74) is 3.07. The van der Waals surface area contributed by atoms with E-state index < -0.39 is 87.0 Å². The van der Waals surface area contributed by atoms with Gasteiger partial charge in [0.25, 0.3) is 0 Å². The lowest BCUT2D eigenvalue weighted by Gasteiger charge is -2.52. The molecule has 0 radical (unpaired) electrons. The van der Waals surface area contributed by atoms with Gasteiger partial charge in [-0.25, -0.2) is 4.79 Å². The van der Waals surface area contributed by atoms with Crippen LogP contribution >= 0.6 is 0 Å². The number of nitrogens with one attached hydrogen (secondary N) is 1. The molecule has 3 heterocycles. The molecule has 75 heavy (non-hydrogen) atoms. The highest BCUT2D eigenvalue weighted by molar-refractivity contribution is 6.95. The summed E-state index contributed by atoms with van der Waals surface area (Å²) in [6.45, 7) is 22.8. The standard InChI is InChI=1S/C47H83NO18Si9/c1-11-12-13-14-15-16-17-18-32-52-45-27-21-42(22-28-45)43-23-29-46(30-24-43)54-38-36-51-34-33-50-35-37-53-44-25-19-41(20-26-44)40-55-47(49)48-31-39-67-56-75-60-69(3)58-71(6,7)62-74(10,66-75)64-73(9)61-70(4,5)57-68(2)59-72(8,63-73)65-75/h19-30,68-69H,11-18,31-40,67H2,1-10H3,(H,48,49). The van der Waals surface area contributed by atoms with E-state index in [2.05, 4.69) is 36.5 Å². The average molecular weight is 1200 g/mol. The van der Waals surface area contributed by atoms with Gasteiger partial charge in [-0.2, -0.15) is 0 Å². The molecular weight excluding hydrogens is 1120 g/mol. The van der Waals surface area contributed by atoms with Gasteiger partial charge in [0.15, 0.2) is 9.76 Å². The second-order valence-corrected chi connectivity index (χ2v) is 44.7. The summed E-state index contributed by atoms with van der Waals surface area (Å²) in [4.78, 5) is 12.7. The molecule has 0 aliphatic carbocycles. The number of ether oxygens (including phenoxy) is 6. The van der Waals surface area contributed by atoms with Gasteiger partial charge in [-0.1, -0.05) is 88.3 Å². The summed E-state index contributed by atoms with van der Waals surface area (Å²) in [5, 5.41) is 2.81. The molecule has 3 fully saturated rings. The highest BCUT2D eigenvalue weighted by Gasteiger charge is 2.70. The summed E-state index contributed by atoms with van der Waals surface area (Å²) < 4.78 is 107. The molecule has 19 nitrogen and oxygen atoms in total. The van der Waals surface area contributed by atoms with E-state index in [0.29, 0.717) is 58.0 Å². The second kappa shape index (κ2) is 29.8. The third-order valence-electron chi connectivity index (χ3n) is 11.7. The quantitative estimate of drug-likeness (QED) is 0.0514. The molecule has 3 saturated heterocycles. The minimum absolute atomic E-state index is 0.0860. The number of amides is 1. The Hall–Kier alpha value is -2.24. The van der Waals surface area contributed by atoms with Crippen molar-refractivity contribution >= 4 is 87.0 Å². The van der Waals surface area contributed by atoms with Crippen LogP contribution in [0.3, 0.4) is 0 Å². The van der Waals surface area contributed by atoms with Crippen molar-refractivity contribution in [3.05, 3.63) is 78.4 Å². The van der Waals surface area contributed by atoms with Crippen molar-refractivity contribution in [1.29, 1.82) is 0 Å². The van der Waals surface area contributed by atoms with Crippen molar-refractivity contribution in [2.75, 3.05) is 52.8 Å². The zero-order valence-electron chi connectivity index (χ0n) is 45.9. The summed E-state index contributed by atoms with van der Waals surface area (Å²) in [6.07, 6.45) is 9.78. The average Bonchev–Trinajstić information content (AvgIpc) is 3.31. The number of hydrogen-bond acceptors (Lipinski definition) is 18.